The van der Waals surface area contributed by atoms with Crippen LogP contribution in [-0.4, -0.2) is 28.3 Å². The van der Waals surface area contributed by atoms with Crippen molar-refractivity contribution in [3.8, 4) is 6.07 Å². The number of benzene rings is 1. The minimum atomic E-state index is -0.923. The molecule has 3 unspecified atom stereocenters. The van der Waals surface area contributed by atoms with Gasteiger partial charge in [0.15, 0.2) is 0 Å². The van der Waals surface area contributed by atoms with E-state index in [9.17, 15) is 15.0 Å². The number of nitrogens with two attached hydrogens (primary N) is 1. The van der Waals surface area contributed by atoms with E-state index in [0.29, 0.717) is 17.9 Å². The van der Waals surface area contributed by atoms with Crippen molar-refractivity contribution in [3.63, 3.8) is 0 Å². The minimum absolute atomic E-state index is 0.156. The van der Waals surface area contributed by atoms with Crippen molar-refractivity contribution in [2.24, 2.45) is 17.6 Å². The molecule has 0 aromatic heterocycles. The van der Waals surface area contributed by atoms with Crippen LogP contribution in [-0.2, 0) is 11.2 Å². The second-order valence-corrected chi connectivity index (χ2v) is 7.25. The quantitative estimate of drug-likeness (QED) is 0.672. The number of rotatable bonds is 8. The van der Waals surface area contributed by atoms with Crippen LogP contribution < -0.4 is 5.73 Å². The van der Waals surface area contributed by atoms with E-state index in [1.807, 2.05) is 6.07 Å². The molecule has 1 aromatic carbocycles. The summed E-state index contributed by atoms with van der Waals surface area (Å²) < 4.78 is 0. The highest BCUT2D eigenvalue weighted by Crippen LogP contribution is 2.28. The largest absolute Gasteiger partial charge is 0.481 e. The van der Waals surface area contributed by atoms with E-state index in [2.05, 4.69) is 0 Å². The van der Waals surface area contributed by atoms with Crippen molar-refractivity contribution < 1.29 is 15.0 Å². The Morgan fingerprint density at radius 1 is 1.24 bits per heavy atom. The highest BCUT2D eigenvalue weighted by molar-refractivity contribution is 5.70. The van der Waals surface area contributed by atoms with Crippen LogP contribution in [0.4, 0.5) is 0 Å². The molecule has 4 N–H and O–H groups in total. The van der Waals surface area contributed by atoms with Gasteiger partial charge in [0.1, 0.15) is 0 Å². The summed E-state index contributed by atoms with van der Waals surface area (Å²) in [5.41, 5.74) is 7.54. The predicted molar refractivity (Wildman–Crippen MR) is 95.8 cm³/mol. The second-order valence-electron chi connectivity index (χ2n) is 7.25. The molecular weight excluding hydrogens is 316 g/mol. The molecule has 136 valence electrons. The summed E-state index contributed by atoms with van der Waals surface area (Å²) in [5, 5.41) is 28.7. The zero-order valence-electron chi connectivity index (χ0n) is 14.6. The fourth-order valence-corrected chi connectivity index (χ4v) is 3.70. The number of carboxylic acids is 1. The van der Waals surface area contributed by atoms with Crippen LogP contribution in [0, 0.1) is 23.2 Å². The lowest BCUT2D eigenvalue weighted by Crippen LogP contribution is -2.39. The minimum Gasteiger partial charge on any atom is -0.481 e. The molecule has 0 amide bonds. The van der Waals surface area contributed by atoms with E-state index in [-0.39, 0.29) is 12.5 Å². The van der Waals surface area contributed by atoms with E-state index in [1.54, 1.807) is 24.3 Å². The molecule has 0 spiro atoms. The Hall–Kier alpha value is -1.90. The third kappa shape index (κ3) is 6.15. The van der Waals surface area contributed by atoms with Crippen LogP contribution in [0.25, 0.3) is 0 Å². The average Bonchev–Trinajstić information content (AvgIpc) is 2.62. The van der Waals surface area contributed by atoms with Gasteiger partial charge in [-0.15, -0.1) is 0 Å². The lowest BCUT2D eigenvalue weighted by Gasteiger charge is -2.28. The van der Waals surface area contributed by atoms with Gasteiger partial charge in [-0.25, -0.2) is 0 Å². The number of aliphatic carboxylic acids is 1. The molecule has 2 rings (SSSR count). The SMILES string of the molecule is N#Cc1ccc(CC(CC(O)C(N)CC2CCCCC2)C(=O)O)cc1. The summed E-state index contributed by atoms with van der Waals surface area (Å²) in [5.74, 6) is -1.05. The maximum Gasteiger partial charge on any atom is 0.306 e. The van der Waals surface area contributed by atoms with Crippen LogP contribution in [0.15, 0.2) is 24.3 Å². The van der Waals surface area contributed by atoms with Gasteiger partial charge in [-0.2, -0.15) is 5.26 Å². The number of nitrogens with zero attached hydrogens (tertiary/aromatic N) is 1. The van der Waals surface area contributed by atoms with Crippen molar-refractivity contribution in [3.05, 3.63) is 35.4 Å². The Kier molecular flexibility index (Phi) is 7.42. The summed E-state index contributed by atoms with van der Waals surface area (Å²) in [4.78, 5) is 11.6. The first-order valence-corrected chi connectivity index (χ1v) is 9.15. The molecule has 0 aliphatic heterocycles. The molecule has 25 heavy (non-hydrogen) atoms. The standard InChI is InChI=1S/C20H28N2O3/c21-13-16-8-6-15(7-9-16)10-17(20(24)25)12-19(23)18(22)11-14-4-2-1-3-5-14/h6-9,14,17-19,23H,1-5,10-12,22H2,(H,24,25). The first-order valence-electron chi connectivity index (χ1n) is 9.15. The molecule has 5 nitrogen and oxygen atoms in total. The number of carbonyl (C=O) groups is 1. The Morgan fingerprint density at radius 2 is 1.88 bits per heavy atom. The fourth-order valence-electron chi connectivity index (χ4n) is 3.70. The summed E-state index contributed by atoms with van der Waals surface area (Å²) in [6.45, 7) is 0. The van der Waals surface area contributed by atoms with Crippen LogP contribution in [0.1, 0.15) is 56.1 Å². The van der Waals surface area contributed by atoms with Crippen molar-refractivity contribution in [2.75, 3.05) is 0 Å². The van der Waals surface area contributed by atoms with E-state index in [4.69, 9.17) is 11.0 Å². The third-order valence-corrected chi connectivity index (χ3v) is 5.26. The Bertz CT molecular complexity index is 588. The number of aliphatic hydroxyl groups is 1. The van der Waals surface area contributed by atoms with E-state index in [1.165, 1.54) is 19.3 Å². The molecular formula is C20H28N2O3. The molecule has 0 bridgehead atoms. The highest BCUT2D eigenvalue weighted by atomic mass is 16.4. The molecule has 1 fully saturated rings. The van der Waals surface area contributed by atoms with Crippen LogP contribution in [0.2, 0.25) is 0 Å². The van der Waals surface area contributed by atoms with E-state index >= 15 is 0 Å². The number of carboxylic acid groups (broad SMARTS) is 1. The van der Waals surface area contributed by atoms with Crippen LogP contribution in [0.5, 0.6) is 0 Å². The van der Waals surface area contributed by atoms with Crippen molar-refractivity contribution in [1.82, 2.24) is 0 Å². The van der Waals surface area contributed by atoms with Gasteiger partial charge < -0.3 is 15.9 Å². The van der Waals surface area contributed by atoms with Gasteiger partial charge in [-0.3, -0.25) is 4.79 Å². The number of aliphatic hydroxyl groups excluding tert-OH is 1. The Morgan fingerprint density at radius 3 is 2.44 bits per heavy atom. The van der Waals surface area contributed by atoms with E-state index in [0.717, 1.165) is 24.8 Å². The average molecular weight is 344 g/mol. The van der Waals surface area contributed by atoms with Crippen LogP contribution in [0.3, 0.4) is 0 Å². The second kappa shape index (κ2) is 9.55. The monoisotopic (exact) mass is 344 g/mol. The first kappa shape index (κ1) is 19.4. The predicted octanol–water partition coefficient (Wildman–Crippen LogP) is 2.85. The summed E-state index contributed by atoms with van der Waals surface area (Å²) >= 11 is 0. The lowest BCUT2D eigenvalue weighted by atomic mass is 9.82. The number of hydrogen-bond donors (Lipinski definition) is 3. The fraction of sp³-hybridized carbons (Fsp3) is 0.600. The number of nitriles is 1. The van der Waals surface area contributed by atoms with Crippen LogP contribution >= 0.6 is 0 Å². The third-order valence-electron chi connectivity index (χ3n) is 5.26. The van der Waals surface area contributed by atoms with Gasteiger partial charge in [-0.1, -0.05) is 44.2 Å². The van der Waals surface area contributed by atoms with Gasteiger partial charge in [-0.05, 0) is 42.9 Å². The van der Waals surface area contributed by atoms with Gasteiger partial charge in [0.05, 0.1) is 23.7 Å². The molecule has 0 heterocycles. The van der Waals surface area contributed by atoms with Crippen molar-refractivity contribution >= 4 is 5.97 Å². The summed E-state index contributed by atoms with van der Waals surface area (Å²) in [6.07, 6.45) is 6.50. The zero-order chi connectivity index (χ0) is 18.2. The summed E-state index contributed by atoms with van der Waals surface area (Å²) in [6, 6.07) is 8.57. The smallest absolute Gasteiger partial charge is 0.306 e. The van der Waals surface area contributed by atoms with E-state index < -0.39 is 18.0 Å². The molecule has 1 aliphatic carbocycles. The maximum absolute atomic E-state index is 11.6. The topological polar surface area (TPSA) is 107 Å². The van der Waals surface area contributed by atoms with Crippen molar-refractivity contribution in [1.29, 1.82) is 5.26 Å². The lowest BCUT2D eigenvalue weighted by molar-refractivity contribution is -0.143. The normalized spacial score (nSPS) is 18.9. The molecule has 0 radical (unpaired) electrons. The van der Waals surface area contributed by atoms with Gasteiger partial charge in [0, 0.05) is 6.04 Å². The zero-order valence-corrected chi connectivity index (χ0v) is 14.6. The Balaban J connectivity index is 1.90. The first-order chi connectivity index (χ1) is 12.0. The molecule has 5 heteroatoms. The summed E-state index contributed by atoms with van der Waals surface area (Å²) in [7, 11) is 0. The number of hydrogen-bond acceptors (Lipinski definition) is 4. The van der Waals surface area contributed by atoms with Crippen molar-refractivity contribution in [2.45, 2.75) is 63.5 Å². The van der Waals surface area contributed by atoms with Gasteiger partial charge in [0.25, 0.3) is 0 Å². The molecule has 1 aromatic rings. The van der Waals surface area contributed by atoms with Gasteiger partial charge in [0.2, 0.25) is 0 Å². The van der Waals surface area contributed by atoms with Gasteiger partial charge >= 0.3 is 5.97 Å². The molecule has 1 saturated carbocycles. The molecule has 1 aliphatic rings. The molecule has 3 atom stereocenters. The maximum atomic E-state index is 11.6. The molecule has 0 saturated heterocycles. The Labute approximate surface area is 149 Å². The highest BCUT2D eigenvalue weighted by Gasteiger charge is 2.27.